The van der Waals surface area contributed by atoms with E-state index in [-0.39, 0.29) is 11.8 Å². The Morgan fingerprint density at radius 2 is 2.08 bits per heavy atom. The number of piperidine rings is 1. The van der Waals surface area contributed by atoms with Crippen LogP contribution in [0.4, 0.5) is 5.95 Å². The van der Waals surface area contributed by atoms with Crippen LogP contribution in [-0.2, 0) is 11.3 Å². The third-order valence-corrected chi connectivity index (χ3v) is 4.27. The molecule has 0 radical (unpaired) electrons. The Balaban J connectivity index is 1.58. The minimum Gasteiger partial charge on any atom is -0.496 e. The number of benzene rings is 1. The topological polar surface area (TPSA) is 67.3 Å². The lowest BCUT2D eigenvalue weighted by Gasteiger charge is -2.31. The molecule has 24 heavy (non-hydrogen) atoms. The zero-order chi connectivity index (χ0) is 16.8. The third kappa shape index (κ3) is 3.82. The van der Waals surface area contributed by atoms with Gasteiger partial charge in [0.25, 0.3) is 0 Å². The van der Waals surface area contributed by atoms with Gasteiger partial charge in [0.15, 0.2) is 0 Å². The molecule has 0 spiro atoms. The summed E-state index contributed by atoms with van der Waals surface area (Å²) in [6.45, 7) is 2.02. The van der Waals surface area contributed by atoms with Crippen molar-refractivity contribution in [2.45, 2.75) is 19.4 Å². The van der Waals surface area contributed by atoms with Crippen molar-refractivity contribution in [1.29, 1.82) is 0 Å². The molecule has 6 heteroatoms. The molecule has 1 aliphatic rings. The van der Waals surface area contributed by atoms with Gasteiger partial charge < -0.3 is 15.0 Å². The lowest BCUT2D eigenvalue weighted by Crippen LogP contribution is -2.43. The quantitative estimate of drug-likeness (QED) is 0.910. The molecule has 1 atom stereocenters. The van der Waals surface area contributed by atoms with Gasteiger partial charge in [-0.25, -0.2) is 9.97 Å². The number of nitrogens with one attached hydrogen (secondary N) is 1. The molecule has 1 N–H and O–H groups in total. The first-order valence-electron chi connectivity index (χ1n) is 8.19. The van der Waals surface area contributed by atoms with Gasteiger partial charge in [-0.3, -0.25) is 4.79 Å². The number of ether oxygens (including phenoxy) is 1. The highest BCUT2D eigenvalue weighted by atomic mass is 16.5. The van der Waals surface area contributed by atoms with Crippen molar-refractivity contribution in [3.63, 3.8) is 0 Å². The number of anilines is 1. The smallest absolute Gasteiger partial charge is 0.225 e. The highest BCUT2D eigenvalue weighted by Gasteiger charge is 2.26. The molecule has 1 aromatic heterocycles. The van der Waals surface area contributed by atoms with Crippen LogP contribution in [0.1, 0.15) is 18.4 Å². The van der Waals surface area contributed by atoms with E-state index in [0.717, 1.165) is 30.7 Å². The van der Waals surface area contributed by atoms with Gasteiger partial charge >= 0.3 is 0 Å². The Morgan fingerprint density at radius 3 is 2.88 bits per heavy atom. The van der Waals surface area contributed by atoms with Crippen molar-refractivity contribution in [3.8, 4) is 5.75 Å². The van der Waals surface area contributed by atoms with Gasteiger partial charge in [0.2, 0.25) is 11.9 Å². The van der Waals surface area contributed by atoms with E-state index in [4.69, 9.17) is 4.74 Å². The van der Waals surface area contributed by atoms with Crippen LogP contribution in [0.15, 0.2) is 42.7 Å². The average Bonchev–Trinajstić information content (AvgIpc) is 2.67. The first kappa shape index (κ1) is 16.2. The summed E-state index contributed by atoms with van der Waals surface area (Å²) >= 11 is 0. The molecule has 1 fully saturated rings. The lowest BCUT2D eigenvalue weighted by molar-refractivity contribution is -0.125. The van der Waals surface area contributed by atoms with Crippen molar-refractivity contribution < 1.29 is 9.53 Å². The number of rotatable bonds is 5. The fourth-order valence-electron chi connectivity index (χ4n) is 3.00. The van der Waals surface area contributed by atoms with Gasteiger partial charge in [-0.1, -0.05) is 18.2 Å². The molecule has 0 saturated carbocycles. The molecule has 2 heterocycles. The summed E-state index contributed by atoms with van der Waals surface area (Å²) in [6.07, 6.45) is 5.31. The molecular weight excluding hydrogens is 304 g/mol. The van der Waals surface area contributed by atoms with Gasteiger partial charge in [0.1, 0.15) is 5.75 Å². The monoisotopic (exact) mass is 326 g/mol. The van der Waals surface area contributed by atoms with Crippen LogP contribution in [0, 0.1) is 5.92 Å². The normalized spacial score (nSPS) is 17.4. The summed E-state index contributed by atoms with van der Waals surface area (Å²) in [5, 5.41) is 3.03. The Kier molecular flexibility index (Phi) is 5.25. The van der Waals surface area contributed by atoms with E-state index in [2.05, 4.69) is 20.2 Å². The van der Waals surface area contributed by atoms with E-state index >= 15 is 0 Å². The fraction of sp³-hybridized carbons (Fsp3) is 0.389. The van der Waals surface area contributed by atoms with Crippen molar-refractivity contribution in [3.05, 3.63) is 48.3 Å². The summed E-state index contributed by atoms with van der Waals surface area (Å²) in [5.41, 5.74) is 0.979. The summed E-state index contributed by atoms with van der Waals surface area (Å²) in [5.74, 6) is 1.51. The van der Waals surface area contributed by atoms with E-state index < -0.39 is 0 Å². The maximum atomic E-state index is 12.5. The number of aromatic nitrogens is 2. The molecule has 0 unspecified atom stereocenters. The Labute approximate surface area is 141 Å². The van der Waals surface area contributed by atoms with Gasteiger partial charge in [-0.2, -0.15) is 0 Å². The Morgan fingerprint density at radius 1 is 1.29 bits per heavy atom. The maximum Gasteiger partial charge on any atom is 0.225 e. The molecular formula is C18H22N4O2. The van der Waals surface area contributed by atoms with E-state index in [0.29, 0.717) is 19.0 Å². The lowest BCUT2D eigenvalue weighted by atomic mass is 9.97. The molecule has 2 aromatic rings. The number of para-hydroxylation sites is 1. The van der Waals surface area contributed by atoms with Crippen LogP contribution in [0.3, 0.4) is 0 Å². The highest BCUT2D eigenvalue weighted by Crippen LogP contribution is 2.21. The minimum absolute atomic E-state index is 0.0442. The van der Waals surface area contributed by atoms with Crippen LogP contribution in [0.5, 0.6) is 5.75 Å². The Bertz CT molecular complexity index is 678. The second kappa shape index (κ2) is 7.77. The van der Waals surface area contributed by atoms with Crippen molar-refractivity contribution in [2.24, 2.45) is 5.92 Å². The third-order valence-electron chi connectivity index (χ3n) is 4.27. The Hall–Kier alpha value is -2.63. The number of hydrogen-bond donors (Lipinski definition) is 1. The van der Waals surface area contributed by atoms with Crippen molar-refractivity contribution in [2.75, 3.05) is 25.1 Å². The zero-order valence-corrected chi connectivity index (χ0v) is 13.8. The molecule has 126 valence electrons. The van der Waals surface area contributed by atoms with Crippen LogP contribution in [0.25, 0.3) is 0 Å². The molecule has 1 aliphatic heterocycles. The van der Waals surface area contributed by atoms with E-state index in [9.17, 15) is 4.79 Å². The van der Waals surface area contributed by atoms with Crippen LogP contribution >= 0.6 is 0 Å². The largest absolute Gasteiger partial charge is 0.496 e. The standard InChI is InChI=1S/C18H22N4O2/c1-24-16-8-3-2-6-14(16)12-21-17(23)15-7-4-11-22(13-15)18-19-9-5-10-20-18/h2-3,5-6,8-10,15H,4,7,11-13H2,1H3,(H,21,23)/t15-/m0/s1. The summed E-state index contributed by atoms with van der Waals surface area (Å²) in [7, 11) is 1.64. The highest BCUT2D eigenvalue weighted by molar-refractivity contribution is 5.79. The first-order valence-corrected chi connectivity index (χ1v) is 8.19. The van der Waals surface area contributed by atoms with E-state index in [1.165, 1.54) is 0 Å². The van der Waals surface area contributed by atoms with Crippen LogP contribution < -0.4 is 15.0 Å². The predicted octanol–water partition coefficient (Wildman–Crippen LogP) is 2.02. The van der Waals surface area contributed by atoms with Gasteiger partial charge in [-0.15, -0.1) is 0 Å². The number of carbonyl (C=O) groups is 1. The van der Waals surface area contributed by atoms with Crippen molar-refractivity contribution >= 4 is 11.9 Å². The second-order valence-corrected chi connectivity index (χ2v) is 5.86. The van der Waals surface area contributed by atoms with Gasteiger partial charge in [0.05, 0.1) is 13.0 Å². The number of methoxy groups -OCH3 is 1. The fourth-order valence-corrected chi connectivity index (χ4v) is 3.00. The van der Waals surface area contributed by atoms with Crippen LogP contribution in [0.2, 0.25) is 0 Å². The maximum absolute atomic E-state index is 12.5. The summed E-state index contributed by atoms with van der Waals surface area (Å²) < 4.78 is 5.32. The molecule has 1 aromatic carbocycles. The van der Waals surface area contributed by atoms with Gasteiger partial charge in [-0.05, 0) is 25.0 Å². The van der Waals surface area contributed by atoms with E-state index in [1.807, 2.05) is 24.3 Å². The number of carbonyl (C=O) groups excluding carboxylic acids is 1. The molecule has 3 rings (SSSR count). The molecule has 1 amide bonds. The zero-order valence-electron chi connectivity index (χ0n) is 13.8. The second-order valence-electron chi connectivity index (χ2n) is 5.86. The van der Waals surface area contributed by atoms with Crippen LogP contribution in [-0.4, -0.2) is 36.1 Å². The summed E-state index contributed by atoms with van der Waals surface area (Å²) in [4.78, 5) is 23.2. The van der Waals surface area contributed by atoms with Crippen molar-refractivity contribution in [1.82, 2.24) is 15.3 Å². The number of amides is 1. The molecule has 0 aliphatic carbocycles. The SMILES string of the molecule is COc1ccccc1CNC(=O)[C@H]1CCCN(c2ncccn2)C1. The first-order chi connectivity index (χ1) is 11.8. The van der Waals surface area contributed by atoms with E-state index in [1.54, 1.807) is 25.6 Å². The average molecular weight is 326 g/mol. The number of hydrogen-bond acceptors (Lipinski definition) is 5. The number of nitrogens with zero attached hydrogens (tertiary/aromatic N) is 3. The molecule has 1 saturated heterocycles. The summed E-state index contributed by atoms with van der Waals surface area (Å²) in [6, 6.07) is 9.52. The predicted molar refractivity (Wildman–Crippen MR) is 91.8 cm³/mol. The minimum atomic E-state index is -0.0442. The molecule has 0 bridgehead atoms. The molecule has 6 nitrogen and oxygen atoms in total. The van der Waals surface area contributed by atoms with Gasteiger partial charge in [0, 0.05) is 37.6 Å².